The number of amides is 1. The van der Waals surface area contributed by atoms with Crippen molar-refractivity contribution in [3.63, 3.8) is 0 Å². The lowest BCUT2D eigenvalue weighted by molar-refractivity contribution is -0.139. The molecule has 2 aromatic rings. The van der Waals surface area contributed by atoms with Crippen LogP contribution in [-0.4, -0.2) is 35.5 Å². The minimum atomic E-state index is -1.06. The standard InChI is InChI=1S/C20H21NO6/c1-13(22)16-6-4-8-18(10-16)27-14(2)20(25)21-11-15-5-3-7-17(9-15)26-12-19(23)24/h3-10,14H,11-12H2,1-2H3,(H,21,25)(H,23,24). The van der Waals surface area contributed by atoms with Crippen molar-refractivity contribution >= 4 is 17.7 Å². The van der Waals surface area contributed by atoms with Gasteiger partial charge in [0.15, 0.2) is 18.5 Å². The Balaban J connectivity index is 1.89. The highest BCUT2D eigenvalue weighted by Gasteiger charge is 2.15. The fraction of sp³-hybridized carbons (Fsp3) is 0.250. The number of hydrogen-bond donors (Lipinski definition) is 2. The SMILES string of the molecule is CC(=O)c1cccc(OC(C)C(=O)NCc2cccc(OCC(=O)O)c2)c1. The highest BCUT2D eigenvalue weighted by Crippen LogP contribution is 2.16. The van der Waals surface area contributed by atoms with Crippen molar-refractivity contribution in [2.75, 3.05) is 6.61 Å². The molecule has 0 aliphatic rings. The Hall–Kier alpha value is -3.35. The number of carbonyl (C=O) groups excluding carboxylic acids is 2. The van der Waals surface area contributed by atoms with E-state index in [0.717, 1.165) is 5.56 Å². The van der Waals surface area contributed by atoms with Gasteiger partial charge >= 0.3 is 5.97 Å². The van der Waals surface area contributed by atoms with E-state index < -0.39 is 18.7 Å². The van der Waals surface area contributed by atoms with E-state index in [1.54, 1.807) is 55.5 Å². The molecule has 0 saturated carbocycles. The molecule has 27 heavy (non-hydrogen) atoms. The molecule has 1 atom stereocenters. The zero-order valence-corrected chi connectivity index (χ0v) is 15.1. The maximum absolute atomic E-state index is 12.2. The number of aliphatic carboxylic acids is 1. The van der Waals surface area contributed by atoms with Crippen molar-refractivity contribution in [3.05, 3.63) is 59.7 Å². The number of ketones is 1. The Morgan fingerprint density at radius 1 is 1.07 bits per heavy atom. The van der Waals surface area contributed by atoms with E-state index in [-0.39, 0.29) is 18.2 Å². The molecule has 0 aliphatic carbocycles. The highest BCUT2D eigenvalue weighted by atomic mass is 16.5. The second-order valence-corrected chi connectivity index (χ2v) is 5.89. The van der Waals surface area contributed by atoms with Crippen LogP contribution in [0.1, 0.15) is 29.8 Å². The number of hydrogen-bond acceptors (Lipinski definition) is 5. The van der Waals surface area contributed by atoms with Gasteiger partial charge in [-0.25, -0.2) is 4.79 Å². The zero-order valence-electron chi connectivity index (χ0n) is 15.1. The third kappa shape index (κ3) is 6.47. The maximum Gasteiger partial charge on any atom is 0.341 e. The van der Waals surface area contributed by atoms with Crippen molar-refractivity contribution in [3.8, 4) is 11.5 Å². The highest BCUT2D eigenvalue weighted by molar-refractivity contribution is 5.94. The summed E-state index contributed by atoms with van der Waals surface area (Å²) >= 11 is 0. The first kappa shape index (κ1) is 20.0. The predicted octanol–water partition coefficient (Wildman–Crippen LogP) is 2.44. The van der Waals surface area contributed by atoms with Crippen molar-refractivity contribution in [2.45, 2.75) is 26.5 Å². The second kappa shape index (κ2) is 9.38. The average Bonchev–Trinajstić information content (AvgIpc) is 2.65. The summed E-state index contributed by atoms with van der Waals surface area (Å²) in [6, 6.07) is 13.4. The smallest absolute Gasteiger partial charge is 0.341 e. The van der Waals surface area contributed by atoms with Crippen LogP contribution in [0, 0.1) is 0 Å². The largest absolute Gasteiger partial charge is 0.482 e. The molecule has 7 heteroatoms. The topological polar surface area (TPSA) is 102 Å². The third-order valence-electron chi connectivity index (χ3n) is 3.65. The fourth-order valence-electron chi connectivity index (χ4n) is 2.27. The van der Waals surface area contributed by atoms with Gasteiger partial charge in [0.05, 0.1) is 0 Å². The molecule has 1 unspecified atom stereocenters. The fourth-order valence-corrected chi connectivity index (χ4v) is 2.27. The molecule has 0 fully saturated rings. The van der Waals surface area contributed by atoms with Crippen LogP contribution in [0.25, 0.3) is 0 Å². The van der Waals surface area contributed by atoms with Crippen LogP contribution < -0.4 is 14.8 Å². The van der Waals surface area contributed by atoms with Crippen molar-refractivity contribution in [1.29, 1.82) is 0 Å². The van der Waals surface area contributed by atoms with Crippen LogP contribution in [0.3, 0.4) is 0 Å². The first-order valence-corrected chi connectivity index (χ1v) is 8.34. The van der Waals surface area contributed by atoms with Gasteiger partial charge in [0.25, 0.3) is 5.91 Å². The Labute approximate surface area is 156 Å². The number of ether oxygens (including phenoxy) is 2. The summed E-state index contributed by atoms with van der Waals surface area (Å²) in [7, 11) is 0. The van der Waals surface area contributed by atoms with Gasteiger partial charge in [-0.15, -0.1) is 0 Å². The lowest BCUT2D eigenvalue weighted by atomic mass is 10.1. The van der Waals surface area contributed by atoms with E-state index in [4.69, 9.17) is 14.6 Å². The molecule has 0 radical (unpaired) electrons. The van der Waals surface area contributed by atoms with E-state index in [1.165, 1.54) is 6.92 Å². The summed E-state index contributed by atoms with van der Waals surface area (Å²) in [5.74, 6) is -0.611. The summed E-state index contributed by atoms with van der Waals surface area (Å²) in [4.78, 5) is 34.2. The van der Waals surface area contributed by atoms with E-state index in [2.05, 4.69) is 5.32 Å². The average molecular weight is 371 g/mol. The van der Waals surface area contributed by atoms with Crippen LogP contribution in [-0.2, 0) is 16.1 Å². The first-order valence-electron chi connectivity index (χ1n) is 8.34. The van der Waals surface area contributed by atoms with Gasteiger partial charge in [0.2, 0.25) is 0 Å². The first-order chi connectivity index (χ1) is 12.8. The van der Waals surface area contributed by atoms with Crippen molar-refractivity contribution in [1.82, 2.24) is 5.32 Å². The molecule has 2 N–H and O–H groups in total. The molecule has 0 aliphatic heterocycles. The van der Waals surface area contributed by atoms with Gasteiger partial charge in [-0.1, -0.05) is 24.3 Å². The number of carboxylic acids is 1. The van der Waals surface area contributed by atoms with Gasteiger partial charge in [0.1, 0.15) is 11.5 Å². The van der Waals surface area contributed by atoms with E-state index >= 15 is 0 Å². The third-order valence-corrected chi connectivity index (χ3v) is 3.65. The number of carbonyl (C=O) groups is 3. The summed E-state index contributed by atoms with van der Waals surface area (Å²) < 4.78 is 10.7. The zero-order chi connectivity index (χ0) is 19.8. The van der Waals surface area contributed by atoms with Crippen molar-refractivity contribution in [2.24, 2.45) is 0 Å². The Kier molecular flexibility index (Phi) is 6.93. The summed E-state index contributed by atoms with van der Waals surface area (Å²) in [5.41, 5.74) is 1.27. The molecule has 142 valence electrons. The molecule has 0 spiro atoms. The normalized spacial score (nSPS) is 11.3. The van der Waals surface area contributed by atoms with E-state index in [0.29, 0.717) is 17.1 Å². The van der Waals surface area contributed by atoms with Crippen LogP contribution in [0.5, 0.6) is 11.5 Å². The van der Waals surface area contributed by atoms with Crippen LogP contribution in [0.2, 0.25) is 0 Å². The van der Waals surface area contributed by atoms with Gasteiger partial charge in [-0.3, -0.25) is 9.59 Å². The van der Waals surface area contributed by atoms with Gasteiger partial charge < -0.3 is 19.9 Å². The minimum Gasteiger partial charge on any atom is -0.482 e. The number of rotatable bonds is 9. The number of nitrogens with one attached hydrogen (secondary N) is 1. The number of carboxylic acid groups (broad SMARTS) is 1. The van der Waals surface area contributed by atoms with Gasteiger partial charge in [0, 0.05) is 12.1 Å². The molecule has 1 amide bonds. The Morgan fingerprint density at radius 2 is 1.78 bits per heavy atom. The van der Waals surface area contributed by atoms with E-state index in [9.17, 15) is 14.4 Å². The van der Waals surface area contributed by atoms with Gasteiger partial charge in [-0.05, 0) is 43.7 Å². The molecule has 0 bridgehead atoms. The number of Topliss-reactive ketones (excluding diaryl/α,β-unsaturated/α-hetero) is 1. The number of benzene rings is 2. The Morgan fingerprint density at radius 3 is 2.48 bits per heavy atom. The molecule has 2 rings (SSSR count). The van der Waals surface area contributed by atoms with Crippen molar-refractivity contribution < 1.29 is 29.0 Å². The van der Waals surface area contributed by atoms with Crippen LogP contribution >= 0.6 is 0 Å². The second-order valence-electron chi connectivity index (χ2n) is 5.89. The predicted molar refractivity (Wildman–Crippen MR) is 98.0 cm³/mol. The molecule has 2 aromatic carbocycles. The molecular formula is C20H21NO6. The van der Waals surface area contributed by atoms with Gasteiger partial charge in [-0.2, -0.15) is 0 Å². The minimum absolute atomic E-state index is 0.0810. The monoisotopic (exact) mass is 371 g/mol. The summed E-state index contributed by atoms with van der Waals surface area (Å²) in [6.07, 6.45) is -0.751. The maximum atomic E-state index is 12.2. The molecule has 7 nitrogen and oxygen atoms in total. The summed E-state index contributed by atoms with van der Waals surface area (Å²) in [6.45, 7) is 2.88. The molecular weight excluding hydrogens is 350 g/mol. The van der Waals surface area contributed by atoms with E-state index in [1.807, 2.05) is 0 Å². The van der Waals surface area contributed by atoms with Crippen LogP contribution in [0.15, 0.2) is 48.5 Å². The lowest BCUT2D eigenvalue weighted by Crippen LogP contribution is -2.35. The lowest BCUT2D eigenvalue weighted by Gasteiger charge is -2.15. The molecule has 0 heterocycles. The van der Waals surface area contributed by atoms with Crippen LogP contribution in [0.4, 0.5) is 0 Å². The molecule has 0 saturated heterocycles. The Bertz CT molecular complexity index is 833. The quantitative estimate of drug-likeness (QED) is 0.657. The summed E-state index contributed by atoms with van der Waals surface area (Å²) in [5, 5.41) is 11.4. The molecule has 0 aromatic heterocycles.